The summed E-state index contributed by atoms with van der Waals surface area (Å²) in [4.78, 5) is 73.1. The number of rotatable bonds is 80. The van der Waals surface area contributed by atoms with E-state index < -0.39 is 97.5 Å². The molecule has 0 rings (SSSR count). The van der Waals surface area contributed by atoms with Gasteiger partial charge in [0, 0.05) is 25.7 Å². The van der Waals surface area contributed by atoms with E-state index in [1.807, 2.05) is 18.2 Å². The SMILES string of the molecule is CCCCC/C=C\C/C=C\C/C=C\C/C=C\C/C=C\CCC(=O)O[C@H](COC(=O)CCCCCCC/C=C\CCCCCCCC)COP(=O)(O)OC[C@@H](O)COP(=O)(O)OC[C@@H](COC(=O)CCCCCCCCCCCCCCCCC)OC(=O)CCCCCCCCCCCCCCCCC. The average molecular weight is 1510 g/mol. The number of aliphatic hydroxyl groups excluding tert-OH is 1. The van der Waals surface area contributed by atoms with E-state index in [1.54, 1.807) is 0 Å². The van der Waals surface area contributed by atoms with Crippen LogP contribution in [0.4, 0.5) is 0 Å². The van der Waals surface area contributed by atoms with Crippen molar-refractivity contribution in [3.63, 3.8) is 0 Å². The van der Waals surface area contributed by atoms with Gasteiger partial charge in [0.25, 0.3) is 0 Å². The smallest absolute Gasteiger partial charge is 0.462 e. The highest BCUT2D eigenvalue weighted by Crippen LogP contribution is 2.45. The minimum atomic E-state index is -4.99. The second-order valence-corrected chi connectivity index (χ2v) is 31.3. The van der Waals surface area contributed by atoms with Crippen LogP contribution >= 0.6 is 15.6 Å². The lowest BCUT2D eigenvalue weighted by Gasteiger charge is -2.21. The molecular weight excluding hydrogens is 1350 g/mol. The summed E-state index contributed by atoms with van der Waals surface area (Å²) in [7, 11) is -9.97. The predicted octanol–water partition coefficient (Wildman–Crippen LogP) is 24.8. The fourth-order valence-corrected chi connectivity index (χ4v) is 13.3. The van der Waals surface area contributed by atoms with Gasteiger partial charge in [-0.1, -0.05) is 345 Å². The Hall–Kier alpha value is -3.50. The number of esters is 4. The Morgan fingerprint density at radius 2 is 0.490 bits per heavy atom. The Balaban J connectivity index is 5.40. The summed E-state index contributed by atoms with van der Waals surface area (Å²) in [5.74, 6) is -2.24. The van der Waals surface area contributed by atoms with Crippen LogP contribution < -0.4 is 0 Å². The maximum atomic E-state index is 13.1. The first-order chi connectivity index (χ1) is 50.7. The number of aliphatic hydroxyl groups is 1. The number of ether oxygens (including phenoxy) is 4. The predicted molar refractivity (Wildman–Crippen MR) is 427 cm³/mol. The summed E-state index contributed by atoms with van der Waals surface area (Å²) in [6.07, 6.45) is 80.2. The molecule has 0 radical (unpaired) electrons. The molecule has 0 aromatic rings. The Morgan fingerprint density at radius 1 is 0.269 bits per heavy atom. The molecule has 0 saturated heterocycles. The van der Waals surface area contributed by atoms with Crippen LogP contribution in [0.15, 0.2) is 72.9 Å². The monoisotopic (exact) mass is 1510 g/mol. The molecule has 0 aliphatic carbocycles. The van der Waals surface area contributed by atoms with E-state index >= 15 is 0 Å². The number of carbonyl (C=O) groups is 4. The molecule has 0 saturated carbocycles. The van der Waals surface area contributed by atoms with E-state index in [0.717, 1.165) is 109 Å². The first-order valence-corrected chi connectivity index (χ1v) is 45.2. The van der Waals surface area contributed by atoms with Gasteiger partial charge in [-0.3, -0.25) is 37.3 Å². The standard InChI is InChI=1S/C85H154O17P2/c1-5-9-13-17-21-25-29-33-37-38-39-40-44-48-52-56-60-64-68-72-85(90)102-81(76-96-83(88)70-66-62-58-54-50-46-42-35-31-27-23-19-15-11-7-3)78-100-104(93,94)98-74-79(86)73-97-103(91,92)99-77-80(101-84(89)71-67-63-59-55-51-47-43-36-32-28-24-20-16-12-8-4)75-95-82(87)69-65-61-57-53-49-45-41-34-30-26-22-18-14-10-6-2/h21,25,33,35,37,39-40,42,48,52,60,64,79-81,86H,5-20,22-24,26-32,34,36,38,41,43-47,49-51,53-59,61-63,65-78H2,1-4H3,(H,91,92)(H,93,94)/b25-21-,37-33-,40-39-,42-35-,52-48-,64-60-/t79-,80+,81+/m0/s1. The van der Waals surface area contributed by atoms with Gasteiger partial charge in [-0.2, -0.15) is 0 Å². The largest absolute Gasteiger partial charge is 0.472 e. The van der Waals surface area contributed by atoms with Crippen molar-refractivity contribution in [1.29, 1.82) is 0 Å². The van der Waals surface area contributed by atoms with Gasteiger partial charge in [0.05, 0.1) is 26.4 Å². The van der Waals surface area contributed by atoms with Crippen LogP contribution in [0, 0.1) is 0 Å². The lowest BCUT2D eigenvalue weighted by Crippen LogP contribution is -2.30. The van der Waals surface area contributed by atoms with Crippen LogP contribution in [0.5, 0.6) is 0 Å². The zero-order valence-electron chi connectivity index (χ0n) is 66.5. The maximum Gasteiger partial charge on any atom is 0.472 e. The van der Waals surface area contributed by atoms with Gasteiger partial charge in [0.15, 0.2) is 12.2 Å². The molecule has 2 unspecified atom stereocenters. The molecule has 606 valence electrons. The first-order valence-electron chi connectivity index (χ1n) is 42.2. The second-order valence-electron chi connectivity index (χ2n) is 28.4. The molecular formula is C85H154O17P2. The Labute approximate surface area is 634 Å². The fraction of sp³-hybridized carbons (Fsp3) is 0.812. The van der Waals surface area contributed by atoms with Gasteiger partial charge in [0.2, 0.25) is 0 Å². The van der Waals surface area contributed by atoms with Gasteiger partial charge >= 0.3 is 39.5 Å². The van der Waals surface area contributed by atoms with E-state index in [9.17, 15) is 43.2 Å². The lowest BCUT2D eigenvalue weighted by atomic mass is 10.0. The number of carbonyl (C=O) groups excluding carboxylic acids is 4. The maximum absolute atomic E-state index is 13.1. The highest BCUT2D eigenvalue weighted by atomic mass is 31.2. The number of allylic oxidation sites excluding steroid dienone is 12. The lowest BCUT2D eigenvalue weighted by molar-refractivity contribution is -0.161. The molecule has 0 aliphatic rings. The number of phosphoric ester groups is 2. The van der Waals surface area contributed by atoms with Gasteiger partial charge < -0.3 is 33.8 Å². The van der Waals surface area contributed by atoms with E-state index in [4.69, 9.17) is 37.0 Å². The minimum Gasteiger partial charge on any atom is -0.462 e. The third-order valence-electron chi connectivity index (χ3n) is 18.2. The van der Waals surface area contributed by atoms with Crippen LogP contribution in [0.25, 0.3) is 0 Å². The van der Waals surface area contributed by atoms with Crippen molar-refractivity contribution in [2.24, 2.45) is 0 Å². The third kappa shape index (κ3) is 76.7. The van der Waals surface area contributed by atoms with Crippen molar-refractivity contribution in [2.75, 3.05) is 39.6 Å². The summed E-state index contributed by atoms with van der Waals surface area (Å²) in [6.45, 7) is 4.84. The van der Waals surface area contributed by atoms with Crippen LogP contribution in [-0.2, 0) is 65.4 Å². The van der Waals surface area contributed by atoms with Crippen molar-refractivity contribution < 1.29 is 80.2 Å². The molecule has 0 aromatic heterocycles. The molecule has 104 heavy (non-hydrogen) atoms. The Kier molecular flexibility index (Phi) is 75.0. The van der Waals surface area contributed by atoms with E-state index in [1.165, 1.54) is 193 Å². The van der Waals surface area contributed by atoms with E-state index in [2.05, 4.69) is 82.4 Å². The number of hydrogen-bond acceptors (Lipinski definition) is 15. The summed E-state index contributed by atoms with van der Waals surface area (Å²) in [6, 6.07) is 0. The van der Waals surface area contributed by atoms with E-state index in [0.29, 0.717) is 32.1 Å². The average Bonchev–Trinajstić information content (AvgIpc) is 0.943. The highest BCUT2D eigenvalue weighted by Gasteiger charge is 2.30. The minimum absolute atomic E-state index is 0.0269. The van der Waals surface area contributed by atoms with Gasteiger partial charge in [-0.15, -0.1) is 0 Å². The van der Waals surface area contributed by atoms with Crippen LogP contribution in [0.2, 0.25) is 0 Å². The first kappa shape index (κ1) is 100. The molecule has 0 amide bonds. The van der Waals surface area contributed by atoms with Crippen molar-refractivity contribution in [3.8, 4) is 0 Å². The molecule has 0 aliphatic heterocycles. The molecule has 0 aromatic carbocycles. The molecule has 0 bridgehead atoms. The van der Waals surface area contributed by atoms with E-state index in [-0.39, 0.29) is 25.7 Å². The number of phosphoric acid groups is 2. The van der Waals surface area contributed by atoms with Crippen molar-refractivity contribution >= 4 is 39.5 Å². The van der Waals surface area contributed by atoms with Crippen LogP contribution in [0.1, 0.15) is 387 Å². The van der Waals surface area contributed by atoms with Crippen LogP contribution in [0.3, 0.4) is 0 Å². The molecule has 19 heteroatoms. The Bertz CT molecular complexity index is 2250. The van der Waals surface area contributed by atoms with Crippen molar-refractivity contribution in [1.82, 2.24) is 0 Å². The summed E-state index contributed by atoms with van der Waals surface area (Å²) in [5, 5.41) is 10.7. The normalized spacial score (nSPS) is 14.2. The zero-order valence-corrected chi connectivity index (χ0v) is 68.2. The number of unbranched alkanes of at least 4 members (excludes halogenated alkanes) is 42. The number of hydrogen-bond donors (Lipinski definition) is 3. The van der Waals surface area contributed by atoms with Crippen molar-refractivity contribution in [3.05, 3.63) is 72.9 Å². The summed E-state index contributed by atoms with van der Waals surface area (Å²) < 4.78 is 68.7. The summed E-state index contributed by atoms with van der Waals surface area (Å²) in [5.41, 5.74) is 0. The second kappa shape index (κ2) is 77.7. The van der Waals surface area contributed by atoms with Crippen molar-refractivity contribution in [2.45, 2.75) is 406 Å². The third-order valence-corrected chi connectivity index (χ3v) is 20.1. The molecule has 0 spiro atoms. The van der Waals surface area contributed by atoms with Crippen LogP contribution in [-0.4, -0.2) is 96.7 Å². The molecule has 17 nitrogen and oxygen atoms in total. The molecule has 5 atom stereocenters. The quantitative estimate of drug-likeness (QED) is 0.0169. The molecule has 0 fully saturated rings. The molecule has 0 heterocycles. The van der Waals surface area contributed by atoms with Gasteiger partial charge in [-0.25, -0.2) is 9.13 Å². The van der Waals surface area contributed by atoms with Gasteiger partial charge in [0.1, 0.15) is 19.3 Å². The highest BCUT2D eigenvalue weighted by molar-refractivity contribution is 7.47. The topological polar surface area (TPSA) is 237 Å². The molecule has 3 N–H and O–H groups in total. The Morgan fingerprint density at radius 3 is 0.808 bits per heavy atom. The zero-order chi connectivity index (χ0) is 76.0. The summed E-state index contributed by atoms with van der Waals surface area (Å²) >= 11 is 0. The van der Waals surface area contributed by atoms with Gasteiger partial charge in [-0.05, 0) is 89.9 Å². The fourth-order valence-electron chi connectivity index (χ4n) is 11.7.